The molecule has 1 saturated carbocycles. The van der Waals surface area contributed by atoms with Gasteiger partial charge in [0.15, 0.2) is 0 Å². The lowest BCUT2D eigenvalue weighted by Gasteiger charge is -2.56. The Morgan fingerprint density at radius 3 is 2.32 bits per heavy atom. The molecule has 0 aromatic carbocycles. The van der Waals surface area contributed by atoms with E-state index in [4.69, 9.17) is 0 Å². The summed E-state index contributed by atoms with van der Waals surface area (Å²) in [5.41, 5.74) is 2.32. The van der Waals surface area contributed by atoms with Crippen LogP contribution in [-0.4, -0.2) is 31.1 Å². The van der Waals surface area contributed by atoms with Crippen LogP contribution in [0, 0.1) is 16.7 Å². The highest BCUT2D eigenvalue weighted by Crippen LogP contribution is 2.57. The molecule has 0 atom stereocenters. The summed E-state index contributed by atoms with van der Waals surface area (Å²) in [5.74, 6) is 0.962. The summed E-state index contributed by atoms with van der Waals surface area (Å²) < 4.78 is 0. The van der Waals surface area contributed by atoms with Crippen LogP contribution in [0.1, 0.15) is 53.4 Å². The molecule has 0 aromatic rings. The number of hydrogen-bond donors (Lipinski definition) is 1. The van der Waals surface area contributed by atoms with Crippen molar-refractivity contribution < 1.29 is 0 Å². The molecule has 2 rings (SSSR count). The monoisotopic (exact) mass is 264 g/mol. The maximum Gasteiger partial charge on any atom is 0.0271 e. The van der Waals surface area contributed by atoms with E-state index < -0.39 is 0 Å². The number of likely N-dealkylation sites (tertiary alicyclic amines) is 1. The van der Waals surface area contributed by atoms with Crippen molar-refractivity contribution in [3.8, 4) is 0 Å². The first kappa shape index (κ1) is 14.9. The van der Waals surface area contributed by atoms with Gasteiger partial charge in [0.25, 0.3) is 0 Å². The van der Waals surface area contributed by atoms with Gasteiger partial charge in [-0.1, -0.05) is 27.4 Å². The van der Waals surface area contributed by atoms with E-state index in [1.807, 2.05) is 6.92 Å². The molecule has 0 amide bonds. The molecule has 0 unspecified atom stereocenters. The molecule has 0 aromatic heterocycles. The maximum absolute atomic E-state index is 3.88. The largest absolute Gasteiger partial charge is 0.388 e. The van der Waals surface area contributed by atoms with Crippen LogP contribution >= 0.6 is 0 Å². The fourth-order valence-electron chi connectivity index (χ4n) is 3.68. The summed E-state index contributed by atoms with van der Waals surface area (Å²) in [5, 5.41) is 3.33. The molecule has 1 spiro atoms. The number of hydrogen-bond acceptors (Lipinski definition) is 2. The highest BCUT2D eigenvalue weighted by atomic mass is 15.1. The second kappa shape index (κ2) is 5.47. The van der Waals surface area contributed by atoms with E-state index >= 15 is 0 Å². The van der Waals surface area contributed by atoms with Gasteiger partial charge < -0.3 is 10.2 Å². The number of nitrogens with one attached hydrogen (secondary N) is 1. The fourth-order valence-corrected chi connectivity index (χ4v) is 3.68. The van der Waals surface area contributed by atoms with Gasteiger partial charge in [-0.3, -0.25) is 0 Å². The smallest absolute Gasteiger partial charge is 0.0271 e. The fraction of sp³-hybridized carbons (Fsp3) is 0.882. The predicted octanol–water partition coefficient (Wildman–Crippen LogP) is 3.65. The molecule has 1 aliphatic carbocycles. The third-order valence-electron chi connectivity index (χ3n) is 5.36. The normalized spacial score (nSPS) is 24.2. The average Bonchev–Trinajstić information content (AvgIpc) is 2.25. The van der Waals surface area contributed by atoms with E-state index in [0.717, 1.165) is 23.6 Å². The van der Waals surface area contributed by atoms with Crippen molar-refractivity contribution in [2.45, 2.75) is 53.4 Å². The van der Waals surface area contributed by atoms with E-state index in [1.165, 1.54) is 45.3 Å². The molecular formula is C17H32N2. The molecular weight excluding hydrogens is 232 g/mol. The molecule has 2 fully saturated rings. The highest BCUT2D eigenvalue weighted by molar-refractivity contribution is 5.00. The van der Waals surface area contributed by atoms with Crippen LogP contribution in [0.4, 0.5) is 0 Å². The van der Waals surface area contributed by atoms with E-state index in [1.54, 1.807) is 0 Å². The molecule has 1 heterocycles. The summed E-state index contributed by atoms with van der Waals surface area (Å²) in [7, 11) is 0. The van der Waals surface area contributed by atoms with Crippen molar-refractivity contribution in [2.75, 3.05) is 26.2 Å². The van der Waals surface area contributed by atoms with Gasteiger partial charge in [-0.2, -0.15) is 0 Å². The van der Waals surface area contributed by atoms with Gasteiger partial charge in [-0.05, 0) is 62.4 Å². The molecule has 2 nitrogen and oxygen atoms in total. The predicted molar refractivity (Wildman–Crippen MR) is 83.1 cm³/mol. The third kappa shape index (κ3) is 3.75. The first-order valence-electron chi connectivity index (χ1n) is 7.93. The van der Waals surface area contributed by atoms with Crippen LogP contribution in [0.3, 0.4) is 0 Å². The molecule has 1 N–H and O–H groups in total. The zero-order chi connectivity index (χ0) is 14.1. The molecule has 2 aliphatic rings. The zero-order valence-electron chi connectivity index (χ0n) is 13.4. The van der Waals surface area contributed by atoms with Crippen molar-refractivity contribution in [1.29, 1.82) is 0 Å². The van der Waals surface area contributed by atoms with Crippen molar-refractivity contribution in [2.24, 2.45) is 16.7 Å². The van der Waals surface area contributed by atoms with Crippen molar-refractivity contribution in [3.63, 3.8) is 0 Å². The van der Waals surface area contributed by atoms with Gasteiger partial charge in [0.1, 0.15) is 0 Å². The Labute approximate surface area is 119 Å². The number of nitrogens with zero attached hydrogens (tertiary/aromatic N) is 1. The van der Waals surface area contributed by atoms with Gasteiger partial charge in [-0.15, -0.1) is 0 Å². The van der Waals surface area contributed by atoms with Crippen LogP contribution in [0.2, 0.25) is 0 Å². The summed E-state index contributed by atoms with van der Waals surface area (Å²) in [4.78, 5) is 2.62. The van der Waals surface area contributed by atoms with E-state index in [-0.39, 0.29) is 0 Å². The topological polar surface area (TPSA) is 15.3 Å². The van der Waals surface area contributed by atoms with Gasteiger partial charge in [-0.25, -0.2) is 0 Å². The Morgan fingerprint density at radius 1 is 1.26 bits per heavy atom. The molecule has 2 heteroatoms. The van der Waals surface area contributed by atoms with Crippen LogP contribution < -0.4 is 5.32 Å². The minimum Gasteiger partial charge on any atom is -0.388 e. The summed E-state index contributed by atoms with van der Waals surface area (Å²) in [6.45, 7) is 18.0. The van der Waals surface area contributed by atoms with E-state index in [0.29, 0.717) is 5.41 Å². The number of allylic oxidation sites excluding steroid dienone is 1. The Bertz CT molecular complexity index is 311. The minimum atomic E-state index is 0.522. The quantitative estimate of drug-likeness (QED) is 0.834. The Morgan fingerprint density at radius 2 is 1.84 bits per heavy atom. The average molecular weight is 264 g/mol. The Hall–Kier alpha value is -0.500. The van der Waals surface area contributed by atoms with Crippen LogP contribution in [0.25, 0.3) is 0 Å². The molecule has 1 aliphatic heterocycles. The minimum absolute atomic E-state index is 0.522. The molecule has 19 heavy (non-hydrogen) atoms. The molecule has 0 bridgehead atoms. The summed E-state index contributed by atoms with van der Waals surface area (Å²) in [6, 6.07) is 0. The van der Waals surface area contributed by atoms with Crippen LogP contribution in [0.5, 0.6) is 0 Å². The molecule has 0 radical (unpaired) electrons. The SMILES string of the molecule is C=C(C)NCCN1CCC2(CC1)CC(C(C)(C)C)C2. The van der Waals surface area contributed by atoms with E-state index in [2.05, 4.69) is 37.6 Å². The first-order chi connectivity index (χ1) is 8.81. The second-order valence-electron chi connectivity index (χ2n) is 8.02. The van der Waals surface area contributed by atoms with Crippen molar-refractivity contribution >= 4 is 0 Å². The lowest BCUT2D eigenvalue weighted by Crippen LogP contribution is -2.50. The lowest BCUT2D eigenvalue weighted by molar-refractivity contribution is -0.0559. The van der Waals surface area contributed by atoms with Gasteiger partial charge >= 0.3 is 0 Å². The molecule has 110 valence electrons. The maximum atomic E-state index is 3.88. The Kier molecular flexibility index (Phi) is 4.29. The lowest BCUT2D eigenvalue weighted by atomic mass is 9.52. The van der Waals surface area contributed by atoms with Crippen molar-refractivity contribution in [1.82, 2.24) is 10.2 Å². The summed E-state index contributed by atoms with van der Waals surface area (Å²) in [6.07, 6.45) is 5.81. The first-order valence-corrected chi connectivity index (χ1v) is 7.93. The molecule has 1 saturated heterocycles. The zero-order valence-corrected chi connectivity index (χ0v) is 13.4. The summed E-state index contributed by atoms with van der Waals surface area (Å²) >= 11 is 0. The number of rotatable bonds is 4. The number of piperidine rings is 1. The standard InChI is InChI=1S/C17H32N2/c1-14(2)18-8-11-19-9-6-17(7-10-19)12-15(13-17)16(3,4)5/h15,18H,1,6-13H2,2-5H3. The van der Waals surface area contributed by atoms with Crippen LogP contribution in [0.15, 0.2) is 12.3 Å². The highest BCUT2D eigenvalue weighted by Gasteiger charge is 2.49. The van der Waals surface area contributed by atoms with E-state index in [9.17, 15) is 0 Å². The van der Waals surface area contributed by atoms with Crippen LogP contribution in [-0.2, 0) is 0 Å². The Balaban J connectivity index is 1.68. The third-order valence-corrected chi connectivity index (χ3v) is 5.36. The van der Waals surface area contributed by atoms with Gasteiger partial charge in [0.2, 0.25) is 0 Å². The van der Waals surface area contributed by atoms with Gasteiger partial charge in [0.05, 0.1) is 0 Å². The van der Waals surface area contributed by atoms with Crippen molar-refractivity contribution in [3.05, 3.63) is 12.3 Å². The van der Waals surface area contributed by atoms with Gasteiger partial charge in [0, 0.05) is 18.8 Å². The second-order valence-corrected chi connectivity index (χ2v) is 8.02.